The van der Waals surface area contributed by atoms with Gasteiger partial charge < -0.3 is 5.73 Å². The van der Waals surface area contributed by atoms with Crippen molar-refractivity contribution in [2.75, 3.05) is 6.54 Å². The van der Waals surface area contributed by atoms with Gasteiger partial charge in [0.2, 0.25) is 0 Å². The molecule has 1 atom stereocenters. The highest BCUT2D eigenvalue weighted by molar-refractivity contribution is 9.10. The van der Waals surface area contributed by atoms with Crippen LogP contribution in [0.1, 0.15) is 23.9 Å². The Morgan fingerprint density at radius 2 is 2.10 bits per heavy atom. The molecule has 3 nitrogen and oxygen atoms in total. The first-order chi connectivity index (χ1) is 9.62. The van der Waals surface area contributed by atoms with Crippen molar-refractivity contribution in [2.24, 2.45) is 18.7 Å². The molecule has 0 aliphatic carbocycles. The van der Waals surface area contributed by atoms with Gasteiger partial charge in [0.25, 0.3) is 0 Å². The molecule has 1 aromatic carbocycles. The molecular formula is C16H22BrN3. The Morgan fingerprint density at radius 3 is 2.70 bits per heavy atom. The summed E-state index contributed by atoms with van der Waals surface area (Å²) in [5, 5.41) is 4.51. The highest BCUT2D eigenvalue weighted by Gasteiger charge is 2.13. The zero-order chi connectivity index (χ0) is 14.5. The lowest BCUT2D eigenvalue weighted by atomic mass is 9.94. The summed E-state index contributed by atoms with van der Waals surface area (Å²) in [6.07, 6.45) is 2.96. The smallest absolute Gasteiger partial charge is 0.0624 e. The monoisotopic (exact) mass is 335 g/mol. The van der Waals surface area contributed by atoms with Crippen LogP contribution in [-0.2, 0) is 26.3 Å². The van der Waals surface area contributed by atoms with Gasteiger partial charge in [-0.25, -0.2) is 0 Å². The second kappa shape index (κ2) is 7.04. The van der Waals surface area contributed by atoms with Crippen molar-refractivity contribution in [2.45, 2.75) is 26.2 Å². The van der Waals surface area contributed by atoms with Crippen molar-refractivity contribution in [3.05, 3.63) is 51.8 Å². The van der Waals surface area contributed by atoms with E-state index in [-0.39, 0.29) is 0 Å². The molecule has 0 radical (unpaired) electrons. The van der Waals surface area contributed by atoms with Crippen molar-refractivity contribution in [1.82, 2.24) is 9.78 Å². The van der Waals surface area contributed by atoms with E-state index in [9.17, 15) is 0 Å². The minimum Gasteiger partial charge on any atom is -0.330 e. The zero-order valence-corrected chi connectivity index (χ0v) is 13.7. The van der Waals surface area contributed by atoms with Crippen LogP contribution in [0, 0.1) is 5.92 Å². The summed E-state index contributed by atoms with van der Waals surface area (Å²) in [5.41, 5.74) is 9.71. The molecule has 0 aliphatic rings. The fourth-order valence-electron chi connectivity index (χ4n) is 2.47. The molecule has 20 heavy (non-hydrogen) atoms. The van der Waals surface area contributed by atoms with Crippen LogP contribution in [0.4, 0.5) is 0 Å². The predicted octanol–water partition coefficient (Wildman–Crippen LogP) is 3.11. The van der Waals surface area contributed by atoms with Crippen LogP contribution in [-0.4, -0.2) is 16.3 Å². The standard InChI is InChI=1S/C16H22BrN3/c1-3-15-10-16(20(2)19-15)9-13(11-18)7-12-5-4-6-14(17)8-12/h4-6,8,10,13H,3,7,9,11,18H2,1-2H3. The predicted molar refractivity (Wildman–Crippen MR) is 86.7 cm³/mol. The molecule has 0 fully saturated rings. The summed E-state index contributed by atoms with van der Waals surface area (Å²) < 4.78 is 3.11. The maximum absolute atomic E-state index is 5.95. The number of benzene rings is 1. The van der Waals surface area contributed by atoms with Crippen LogP contribution >= 0.6 is 15.9 Å². The molecule has 0 aliphatic heterocycles. The van der Waals surface area contributed by atoms with Crippen molar-refractivity contribution in [3.63, 3.8) is 0 Å². The van der Waals surface area contributed by atoms with Gasteiger partial charge in [0.05, 0.1) is 5.69 Å². The Balaban J connectivity index is 2.06. The molecule has 2 aromatic rings. The third kappa shape index (κ3) is 3.93. The lowest BCUT2D eigenvalue weighted by Crippen LogP contribution is -2.20. The van der Waals surface area contributed by atoms with Crippen molar-refractivity contribution in [1.29, 1.82) is 0 Å². The van der Waals surface area contributed by atoms with Crippen molar-refractivity contribution < 1.29 is 0 Å². The summed E-state index contributed by atoms with van der Waals surface area (Å²) in [6.45, 7) is 2.83. The normalized spacial score (nSPS) is 12.6. The average molecular weight is 336 g/mol. The molecule has 1 heterocycles. The summed E-state index contributed by atoms with van der Waals surface area (Å²) >= 11 is 3.52. The number of aryl methyl sites for hydroxylation is 2. The molecule has 0 saturated carbocycles. The van der Waals surface area contributed by atoms with Crippen molar-refractivity contribution in [3.8, 4) is 0 Å². The van der Waals surface area contributed by atoms with Crippen LogP contribution in [0.15, 0.2) is 34.8 Å². The number of nitrogens with two attached hydrogens (primary N) is 1. The summed E-state index contributed by atoms with van der Waals surface area (Å²) in [4.78, 5) is 0. The molecule has 0 bridgehead atoms. The largest absolute Gasteiger partial charge is 0.330 e. The maximum Gasteiger partial charge on any atom is 0.0624 e. The molecule has 0 amide bonds. The van der Waals surface area contributed by atoms with Gasteiger partial charge in [0, 0.05) is 17.2 Å². The van der Waals surface area contributed by atoms with Crippen LogP contribution in [0.2, 0.25) is 0 Å². The topological polar surface area (TPSA) is 43.8 Å². The molecule has 2 N–H and O–H groups in total. The van der Waals surface area contributed by atoms with Gasteiger partial charge in [0.1, 0.15) is 0 Å². The van der Waals surface area contributed by atoms with E-state index in [1.165, 1.54) is 11.3 Å². The van der Waals surface area contributed by atoms with E-state index in [0.717, 1.165) is 29.4 Å². The Hall–Kier alpha value is -1.13. The van der Waals surface area contributed by atoms with E-state index >= 15 is 0 Å². The first-order valence-corrected chi connectivity index (χ1v) is 7.88. The fraction of sp³-hybridized carbons (Fsp3) is 0.438. The number of hydrogen-bond acceptors (Lipinski definition) is 2. The highest BCUT2D eigenvalue weighted by Crippen LogP contribution is 2.18. The molecule has 0 saturated heterocycles. The van der Waals surface area contributed by atoms with Gasteiger partial charge in [-0.2, -0.15) is 5.10 Å². The average Bonchev–Trinajstić information content (AvgIpc) is 2.78. The lowest BCUT2D eigenvalue weighted by molar-refractivity contribution is 0.510. The maximum atomic E-state index is 5.95. The third-order valence-corrected chi connectivity index (χ3v) is 4.13. The summed E-state index contributed by atoms with van der Waals surface area (Å²) in [7, 11) is 2.02. The molecule has 108 valence electrons. The minimum atomic E-state index is 0.449. The second-order valence-electron chi connectivity index (χ2n) is 5.24. The van der Waals surface area contributed by atoms with E-state index in [4.69, 9.17) is 5.73 Å². The van der Waals surface area contributed by atoms with E-state index in [2.05, 4.69) is 58.3 Å². The van der Waals surface area contributed by atoms with E-state index in [1.54, 1.807) is 0 Å². The molecule has 0 spiro atoms. The van der Waals surface area contributed by atoms with E-state index in [1.807, 2.05) is 11.7 Å². The van der Waals surface area contributed by atoms with E-state index < -0.39 is 0 Å². The first kappa shape index (κ1) is 15.3. The number of aromatic nitrogens is 2. The number of nitrogens with zero attached hydrogens (tertiary/aromatic N) is 2. The molecule has 2 rings (SSSR count). The fourth-order valence-corrected chi connectivity index (χ4v) is 2.91. The van der Waals surface area contributed by atoms with Gasteiger partial charge >= 0.3 is 0 Å². The van der Waals surface area contributed by atoms with Crippen LogP contribution in [0.25, 0.3) is 0 Å². The number of hydrogen-bond donors (Lipinski definition) is 1. The van der Waals surface area contributed by atoms with Gasteiger partial charge in [-0.3, -0.25) is 4.68 Å². The van der Waals surface area contributed by atoms with Crippen LogP contribution < -0.4 is 5.73 Å². The Morgan fingerprint density at radius 1 is 1.30 bits per heavy atom. The van der Waals surface area contributed by atoms with E-state index in [0.29, 0.717) is 12.5 Å². The van der Waals surface area contributed by atoms with Crippen LogP contribution in [0.5, 0.6) is 0 Å². The quantitative estimate of drug-likeness (QED) is 0.881. The summed E-state index contributed by atoms with van der Waals surface area (Å²) in [5.74, 6) is 0.449. The molecule has 1 unspecified atom stereocenters. The third-order valence-electron chi connectivity index (χ3n) is 3.63. The molecular weight excluding hydrogens is 314 g/mol. The Kier molecular flexibility index (Phi) is 5.38. The van der Waals surface area contributed by atoms with Crippen LogP contribution in [0.3, 0.4) is 0 Å². The Labute approximate surface area is 129 Å². The second-order valence-corrected chi connectivity index (χ2v) is 6.16. The van der Waals surface area contributed by atoms with Gasteiger partial charge in [-0.05, 0) is 55.5 Å². The van der Waals surface area contributed by atoms with Gasteiger partial charge in [-0.15, -0.1) is 0 Å². The Bertz CT molecular complexity index is 563. The van der Waals surface area contributed by atoms with Gasteiger partial charge in [-0.1, -0.05) is 35.0 Å². The minimum absolute atomic E-state index is 0.449. The zero-order valence-electron chi connectivity index (χ0n) is 12.1. The highest BCUT2D eigenvalue weighted by atomic mass is 79.9. The molecule has 4 heteroatoms. The molecule has 1 aromatic heterocycles. The van der Waals surface area contributed by atoms with Gasteiger partial charge in [0.15, 0.2) is 0 Å². The van der Waals surface area contributed by atoms with Crippen molar-refractivity contribution >= 4 is 15.9 Å². The summed E-state index contributed by atoms with van der Waals surface area (Å²) in [6, 6.07) is 10.7. The SMILES string of the molecule is CCc1cc(CC(CN)Cc2cccc(Br)c2)n(C)n1. The first-order valence-electron chi connectivity index (χ1n) is 7.08. The number of halogens is 1. The lowest BCUT2D eigenvalue weighted by Gasteiger charge is -2.15. The number of rotatable bonds is 6.